The van der Waals surface area contributed by atoms with Gasteiger partial charge < -0.3 is 5.11 Å². The minimum absolute atomic E-state index is 0.155. The molecule has 1 heterocycles. The lowest BCUT2D eigenvalue weighted by atomic mass is 9.44. The smallest absolute Gasteiger partial charge is 0.157 e. The lowest BCUT2D eigenvalue weighted by Gasteiger charge is -2.61. The van der Waals surface area contributed by atoms with Crippen molar-refractivity contribution < 1.29 is 9.90 Å². The quantitative estimate of drug-likeness (QED) is 0.825. The molecule has 5 heteroatoms. The Morgan fingerprint density at radius 3 is 2.59 bits per heavy atom. The molecule has 8 atom stereocenters. The van der Waals surface area contributed by atoms with Gasteiger partial charge in [0, 0.05) is 12.1 Å². The van der Waals surface area contributed by atoms with Crippen molar-refractivity contribution >= 4 is 5.78 Å². The Labute approximate surface area is 174 Å². The maximum atomic E-state index is 13.2. The van der Waals surface area contributed by atoms with E-state index in [9.17, 15) is 9.90 Å². The molecule has 29 heavy (non-hydrogen) atoms. The van der Waals surface area contributed by atoms with Crippen molar-refractivity contribution in [3.8, 4) is 0 Å². The van der Waals surface area contributed by atoms with Gasteiger partial charge in [-0.05, 0) is 99.2 Å². The average molecular weight is 400 g/mol. The Kier molecular flexibility index (Phi) is 4.51. The molecule has 4 aliphatic rings. The molecular formula is C24H37N3O2. The number of carbonyl (C=O) groups is 1. The van der Waals surface area contributed by atoms with Crippen LogP contribution < -0.4 is 0 Å². The van der Waals surface area contributed by atoms with Gasteiger partial charge in [-0.2, -0.15) is 0 Å². The molecule has 0 saturated heterocycles. The van der Waals surface area contributed by atoms with Gasteiger partial charge in [-0.1, -0.05) is 19.1 Å². The van der Waals surface area contributed by atoms with E-state index in [4.69, 9.17) is 0 Å². The van der Waals surface area contributed by atoms with Crippen LogP contribution in [0.15, 0.2) is 12.4 Å². The van der Waals surface area contributed by atoms with Gasteiger partial charge in [0.05, 0.1) is 11.8 Å². The number of Topliss-reactive ketones (excluding diaryl/α,β-unsaturated/α-hetero) is 1. The second-order valence-corrected chi connectivity index (χ2v) is 11.6. The number of ketones is 1. The Morgan fingerprint density at radius 2 is 1.83 bits per heavy atom. The largest absolute Gasteiger partial charge is 0.390 e. The van der Waals surface area contributed by atoms with Gasteiger partial charge in [0.2, 0.25) is 0 Å². The Balaban J connectivity index is 1.36. The van der Waals surface area contributed by atoms with Crippen molar-refractivity contribution in [3.63, 3.8) is 0 Å². The fourth-order valence-corrected chi connectivity index (χ4v) is 8.55. The summed E-state index contributed by atoms with van der Waals surface area (Å²) in [5, 5.41) is 18.5. The zero-order valence-corrected chi connectivity index (χ0v) is 18.3. The van der Waals surface area contributed by atoms with Crippen LogP contribution in [0.3, 0.4) is 0 Å². The minimum Gasteiger partial charge on any atom is -0.390 e. The van der Waals surface area contributed by atoms with E-state index in [0.29, 0.717) is 29.6 Å². The summed E-state index contributed by atoms with van der Waals surface area (Å²) < 4.78 is 1.69. The van der Waals surface area contributed by atoms with Crippen molar-refractivity contribution in [2.45, 2.75) is 90.7 Å². The molecule has 1 aromatic heterocycles. The van der Waals surface area contributed by atoms with Crippen LogP contribution in [0.25, 0.3) is 0 Å². The maximum Gasteiger partial charge on any atom is 0.157 e. The first kappa shape index (κ1) is 19.7. The predicted molar refractivity (Wildman–Crippen MR) is 111 cm³/mol. The van der Waals surface area contributed by atoms with Crippen molar-refractivity contribution in [2.75, 3.05) is 0 Å². The molecule has 0 unspecified atom stereocenters. The predicted octanol–water partition coefficient (Wildman–Crippen LogP) is 4.26. The van der Waals surface area contributed by atoms with Gasteiger partial charge in [-0.15, -0.1) is 5.10 Å². The van der Waals surface area contributed by atoms with E-state index < -0.39 is 5.60 Å². The molecular weight excluding hydrogens is 362 g/mol. The molecule has 4 saturated carbocycles. The van der Waals surface area contributed by atoms with Crippen molar-refractivity contribution in [1.29, 1.82) is 0 Å². The molecule has 0 bridgehead atoms. The third-order valence-corrected chi connectivity index (χ3v) is 10.1. The minimum atomic E-state index is -0.466. The van der Waals surface area contributed by atoms with E-state index in [0.717, 1.165) is 31.1 Å². The Bertz CT molecular complexity index is 775. The van der Waals surface area contributed by atoms with Crippen molar-refractivity contribution in [3.05, 3.63) is 12.4 Å². The molecule has 0 aromatic carbocycles. The van der Waals surface area contributed by atoms with E-state index in [1.807, 2.05) is 6.92 Å². The highest BCUT2D eigenvalue weighted by Crippen LogP contribution is 2.68. The lowest BCUT2D eigenvalue weighted by Crippen LogP contribution is -2.55. The summed E-state index contributed by atoms with van der Waals surface area (Å²) in [7, 11) is 0. The third-order valence-electron chi connectivity index (χ3n) is 10.1. The summed E-state index contributed by atoms with van der Waals surface area (Å²) >= 11 is 0. The highest BCUT2D eigenvalue weighted by molar-refractivity contribution is 5.82. The van der Waals surface area contributed by atoms with Crippen LogP contribution in [0.5, 0.6) is 0 Å². The number of aliphatic hydroxyl groups is 1. The van der Waals surface area contributed by atoms with Gasteiger partial charge in [0.1, 0.15) is 6.54 Å². The van der Waals surface area contributed by atoms with Gasteiger partial charge in [-0.25, -0.2) is 4.68 Å². The molecule has 1 aromatic rings. The van der Waals surface area contributed by atoms with Crippen LogP contribution in [0.4, 0.5) is 0 Å². The van der Waals surface area contributed by atoms with E-state index in [2.05, 4.69) is 24.2 Å². The number of hydrogen-bond donors (Lipinski definition) is 1. The first-order chi connectivity index (χ1) is 13.7. The zero-order chi connectivity index (χ0) is 20.4. The van der Waals surface area contributed by atoms with Crippen LogP contribution in [-0.2, 0) is 11.3 Å². The number of hydrogen-bond acceptors (Lipinski definition) is 4. The monoisotopic (exact) mass is 399 g/mol. The van der Waals surface area contributed by atoms with E-state index >= 15 is 0 Å². The average Bonchev–Trinajstić information content (AvgIpc) is 3.29. The molecule has 4 aliphatic carbocycles. The third kappa shape index (κ3) is 3.02. The highest BCUT2D eigenvalue weighted by Gasteiger charge is 2.61. The van der Waals surface area contributed by atoms with Crippen molar-refractivity contribution in [1.82, 2.24) is 15.0 Å². The molecule has 5 rings (SSSR count). The van der Waals surface area contributed by atoms with Crippen LogP contribution in [0.1, 0.15) is 78.6 Å². The SMILES string of the molecule is C[C@@]1(O)CC[C@@]2(C)[C@@H](CC[C@@H]3[C@@H]2CC[C@]2(C)[C@@H](C(=O)Cn4ccnn4)CC[C@@H]32)C1. The van der Waals surface area contributed by atoms with Gasteiger partial charge in [0.15, 0.2) is 5.78 Å². The fourth-order valence-electron chi connectivity index (χ4n) is 8.55. The second kappa shape index (κ2) is 6.63. The van der Waals surface area contributed by atoms with Crippen LogP contribution in [0.2, 0.25) is 0 Å². The van der Waals surface area contributed by atoms with Crippen molar-refractivity contribution in [2.24, 2.45) is 40.4 Å². The number of nitrogens with zero attached hydrogens (tertiary/aromatic N) is 3. The highest BCUT2D eigenvalue weighted by atomic mass is 16.3. The van der Waals surface area contributed by atoms with E-state index in [-0.39, 0.29) is 11.3 Å². The molecule has 0 aliphatic heterocycles. The first-order valence-corrected chi connectivity index (χ1v) is 11.8. The molecule has 0 spiro atoms. The fraction of sp³-hybridized carbons (Fsp3) is 0.875. The van der Waals surface area contributed by atoms with Crippen LogP contribution in [0, 0.1) is 40.4 Å². The molecule has 1 N–H and O–H groups in total. The zero-order valence-electron chi connectivity index (χ0n) is 18.3. The van der Waals surface area contributed by atoms with E-state index in [1.54, 1.807) is 17.1 Å². The summed E-state index contributed by atoms with van der Waals surface area (Å²) in [6.07, 6.45) is 13.8. The molecule has 0 radical (unpaired) electrons. The van der Waals surface area contributed by atoms with Crippen LogP contribution >= 0.6 is 0 Å². The number of carbonyl (C=O) groups excluding carboxylic acids is 1. The Morgan fingerprint density at radius 1 is 1.03 bits per heavy atom. The van der Waals surface area contributed by atoms with E-state index in [1.165, 1.54) is 38.5 Å². The summed E-state index contributed by atoms with van der Waals surface area (Å²) in [5.41, 5.74) is 0.0733. The number of rotatable bonds is 3. The van der Waals surface area contributed by atoms with Gasteiger partial charge in [-0.3, -0.25) is 4.79 Å². The van der Waals surface area contributed by atoms with Gasteiger partial charge >= 0.3 is 0 Å². The van der Waals surface area contributed by atoms with Gasteiger partial charge in [0.25, 0.3) is 0 Å². The standard InChI is InChI=1S/C24H37N3O2/c1-22(29)10-11-23(2)16(14-22)4-5-17-18-6-7-20(24(18,3)9-8-19(17)23)21(28)15-27-13-12-25-26-27/h12-13,16-20,29H,4-11,14-15H2,1-3H3/t16-,17-,18-,19-,20+,22+,23-,24-/m0/s1. The second-order valence-electron chi connectivity index (χ2n) is 11.6. The van der Waals surface area contributed by atoms with Crippen LogP contribution in [-0.4, -0.2) is 31.5 Å². The Hall–Kier alpha value is -1.23. The summed E-state index contributed by atoms with van der Waals surface area (Å²) in [5.74, 6) is 3.43. The summed E-state index contributed by atoms with van der Waals surface area (Å²) in [4.78, 5) is 13.2. The topological polar surface area (TPSA) is 68.0 Å². The first-order valence-electron chi connectivity index (χ1n) is 11.8. The normalized spacial score (nSPS) is 49.2. The summed E-state index contributed by atoms with van der Waals surface area (Å²) in [6.45, 7) is 7.37. The molecule has 160 valence electrons. The molecule has 0 amide bonds. The number of fused-ring (bicyclic) bond motifs is 5. The molecule has 4 fully saturated rings. The summed E-state index contributed by atoms with van der Waals surface area (Å²) in [6, 6.07) is 0. The lowest BCUT2D eigenvalue weighted by molar-refractivity contribution is -0.151. The number of aromatic nitrogens is 3. The molecule has 5 nitrogen and oxygen atoms in total. The maximum absolute atomic E-state index is 13.2.